The number of nitrogens with zero attached hydrogens (tertiary/aromatic N) is 6. The van der Waals surface area contributed by atoms with Crippen LogP contribution in [0.2, 0.25) is 0 Å². The van der Waals surface area contributed by atoms with Gasteiger partial charge in [0.15, 0.2) is 11.6 Å². The van der Waals surface area contributed by atoms with Crippen molar-refractivity contribution in [3.63, 3.8) is 0 Å². The van der Waals surface area contributed by atoms with Crippen LogP contribution in [-0.2, 0) is 16.6 Å². The minimum atomic E-state index is -0.108. The monoisotopic (exact) mass is 488 g/mol. The third kappa shape index (κ3) is 5.60. The van der Waals surface area contributed by atoms with E-state index >= 15 is 0 Å². The Morgan fingerprint density at radius 2 is 1.86 bits per heavy atom. The molecule has 188 valence electrons. The zero-order valence-electron chi connectivity index (χ0n) is 21.2. The number of likely N-dealkylation sites (N-methyl/N-ethyl adjacent to an activating group) is 1. The molecule has 4 heterocycles. The summed E-state index contributed by atoms with van der Waals surface area (Å²) < 4.78 is 7.32. The second-order valence-electron chi connectivity index (χ2n) is 8.04. The average molecular weight is 489 g/mol. The number of anilines is 2. The quantitative estimate of drug-likeness (QED) is 0.426. The van der Waals surface area contributed by atoms with Gasteiger partial charge in [0.2, 0.25) is 5.91 Å². The summed E-state index contributed by atoms with van der Waals surface area (Å²) >= 11 is 0. The predicted molar refractivity (Wildman–Crippen MR) is 142 cm³/mol. The molecule has 0 unspecified atom stereocenters. The normalized spacial score (nSPS) is 13.2. The van der Waals surface area contributed by atoms with Gasteiger partial charge < -0.3 is 20.3 Å². The van der Waals surface area contributed by atoms with Crippen LogP contribution in [0.1, 0.15) is 13.8 Å². The maximum atomic E-state index is 11.7. The first-order valence-corrected chi connectivity index (χ1v) is 12.2. The first kappa shape index (κ1) is 25.1. The number of aryl methyl sites for hydroxylation is 1. The van der Waals surface area contributed by atoms with E-state index in [4.69, 9.17) is 14.7 Å². The lowest BCUT2D eigenvalue weighted by molar-refractivity contribution is -0.118. The molecule has 10 heteroatoms. The van der Waals surface area contributed by atoms with E-state index in [2.05, 4.69) is 25.6 Å². The summed E-state index contributed by atoms with van der Waals surface area (Å²) in [5.74, 6) is 1.28. The smallest absolute Gasteiger partial charge is 0.239 e. The van der Waals surface area contributed by atoms with Crippen molar-refractivity contribution in [2.24, 2.45) is 7.05 Å². The van der Waals surface area contributed by atoms with Crippen molar-refractivity contribution in [3.05, 3.63) is 48.8 Å². The van der Waals surface area contributed by atoms with E-state index < -0.39 is 0 Å². The molecule has 1 aliphatic heterocycles. The van der Waals surface area contributed by atoms with Crippen LogP contribution >= 0.6 is 0 Å². The summed E-state index contributed by atoms with van der Waals surface area (Å²) in [6.45, 7) is 6.91. The van der Waals surface area contributed by atoms with Crippen LogP contribution in [-0.4, -0.2) is 70.5 Å². The Kier molecular flexibility index (Phi) is 8.06. The first-order valence-electron chi connectivity index (χ1n) is 12.2. The molecule has 10 nitrogen and oxygen atoms in total. The lowest BCUT2D eigenvalue weighted by Gasteiger charge is -2.28. The molecule has 0 saturated carbocycles. The van der Waals surface area contributed by atoms with E-state index in [-0.39, 0.29) is 12.5 Å². The summed E-state index contributed by atoms with van der Waals surface area (Å²) in [6, 6.07) is 11.9. The Labute approximate surface area is 210 Å². The fourth-order valence-electron chi connectivity index (χ4n) is 3.88. The number of aromatic nitrogens is 5. The molecule has 1 saturated heterocycles. The van der Waals surface area contributed by atoms with E-state index in [1.807, 2.05) is 63.5 Å². The van der Waals surface area contributed by atoms with Crippen molar-refractivity contribution in [1.82, 2.24) is 30.0 Å². The number of carbonyl (C=O) groups excluding carboxylic acids is 1. The number of hydrogen-bond donors (Lipinski definition) is 2. The van der Waals surface area contributed by atoms with Crippen LogP contribution in [0, 0.1) is 0 Å². The van der Waals surface area contributed by atoms with Crippen LogP contribution in [0.5, 0.6) is 0 Å². The number of hydrogen-bond acceptors (Lipinski definition) is 8. The molecule has 3 aromatic heterocycles. The molecule has 1 amide bonds. The van der Waals surface area contributed by atoms with Gasteiger partial charge >= 0.3 is 0 Å². The fraction of sp³-hybridized carbons (Fsp3) is 0.346. The number of morpholine rings is 1. The van der Waals surface area contributed by atoms with E-state index in [0.717, 1.165) is 46.9 Å². The van der Waals surface area contributed by atoms with Crippen molar-refractivity contribution >= 4 is 28.4 Å². The van der Waals surface area contributed by atoms with E-state index in [0.29, 0.717) is 24.6 Å². The highest BCUT2D eigenvalue weighted by Gasteiger charge is 2.20. The van der Waals surface area contributed by atoms with Gasteiger partial charge in [0, 0.05) is 44.5 Å². The third-order valence-corrected chi connectivity index (χ3v) is 5.69. The molecule has 0 spiro atoms. The van der Waals surface area contributed by atoms with Gasteiger partial charge in [-0.15, -0.1) is 0 Å². The van der Waals surface area contributed by atoms with Crippen molar-refractivity contribution in [2.75, 3.05) is 50.1 Å². The van der Waals surface area contributed by atoms with Gasteiger partial charge in [0.1, 0.15) is 5.52 Å². The summed E-state index contributed by atoms with van der Waals surface area (Å²) in [6.07, 6.45) is 3.63. The lowest BCUT2D eigenvalue weighted by Crippen LogP contribution is -2.37. The number of nitrogens with one attached hydrogen (secondary N) is 2. The molecule has 5 rings (SSSR count). The predicted octanol–water partition coefficient (Wildman–Crippen LogP) is 3.11. The molecule has 0 radical (unpaired) electrons. The Hall–Kier alpha value is -4.05. The second kappa shape index (κ2) is 11.6. The number of fused-ring (bicyclic) bond motifs is 1. The molecular weight excluding hydrogens is 456 g/mol. The summed E-state index contributed by atoms with van der Waals surface area (Å²) in [5, 5.41) is 10.2. The van der Waals surface area contributed by atoms with E-state index in [1.54, 1.807) is 17.9 Å². The highest BCUT2D eigenvalue weighted by atomic mass is 16.5. The highest BCUT2D eigenvalue weighted by molar-refractivity contribution is 5.90. The van der Waals surface area contributed by atoms with E-state index in [1.165, 1.54) is 0 Å². The van der Waals surface area contributed by atoms with Crippen molar-refractivity contribution in [3.8, 4) is 22.6 Å². The molecule has 0 bridgehead atoms. The summed E-state index contributed by atoms with van der Waals surface area (Å²) in [5.41, 5.74) is 4.92. The van der Waals surface area contributed by atoms with Gasteiger partial charge in [0.05, 0.1) is 42.9 Å². The minimum Gasteiger partial charge on any atom is -0.378 e. The van der Waals surface area contributed by atoms with Crippen LogP contribution in [0.15, 0.2) is 48.8 Å². The average Bonchev–Trinajstić information content (AvgIpc) is 3.38. The number of rotatable bonds is 6. The molecule has 1 aliphatic rings. The van der Waals surface area contributed by atoms with Gasteiger partial charge in [-0.05, 0) is 18.2 Å². The van der Waals surface area contributed by atoms with Gasteiger partial charge in [0.25, 0.3) is 0 Å². The lowest BCUT2D eigenvalue weighted by atomic mass is 10.1. The van der Waals surface area contributed by atoms with Crippen LogP contribution in [0.3, 0.4) is 0 Å². The molecule has 1 fully saturated rings. The zero-order valence-corrected chi connectivity index (χ0v) is 21.2. The van der Waals surface area contributed by atoms with E-state index in [9.17, 15) is 4.79 Å². The third-order valence-electron chi connectivity index (χ3n) is 5.69. The standard InChI is InChI=1S/C24H26N8O2.C2H6/c1-25-21(33)15-26-18-13-20-22(27-14-18)24(32-8-10-34-11-9-32)29-23(28-20)17-5-3-4-16(12-17)19-6-7-31(2)30-19;1-2/h3-7,12-14,26H,8-11,15H2,1-2H3,(H,25,33);1-2H3. The minimum absolute atomic E-state index is 0.108. The number of pyridine rings is 1. The Morgan fingerprint density at radius 3 is 2.58 bits per heavy atom. The molecule has 0 aliphatic carbocycles. The zero-order chi connectivity index (χ0) is 25.5. The van der Waals surface area contributed by atoms with Gasteiger partial charge in [-0.2, -0.15) is 5.10 Å². The largest absolute Gasteiger partial charge is 0.378 e. The molecular formula is C26H32N8O2. The van der Waals surface area contributed by atoms with Gasteiger partial charge in [-0.3, -0.25) is 9.48 Å². The van der Waals surface area contributed by atoms with Crippen LogP contribution < -0.4 is 15.5 Å². The number of ether oxygens (including phenoxy) is 1. The fourth-order valence-corrected chi connectivity index (χ4v) is 3.88. The molecule has 4 aromatic rings. The van der Waals surface area contributed by atoms with Crippen molar-refractivity contribution in [1.29, 1.82) is 0 Å². The topological polar surface area (TPSA) is 110 Å². The van der Waals surface area contributed by atoms with Gasteiger partial charge in [-0.25, -0.2) is 15.0 Å². The molecule has 2 N–H and O–H groups in total. The van der Waals surface area contributed by atoms with Crippen molar-refractivity contribution in [2.45, 2.75) is 13.8 Å². The van der Waals surface area contributed by atoms with Crippen LogP contribution in [0.4, 0.5) is 11.5 Å². The Morgan fingerprint density at radius 1 is 1.08 bits per heavy atom. The maximum absolute atomic E-state index is 11.7. The number of benzene rings is 1. The molecule has 0 atom stereocenters. The number of carbonyl (C=O) groups is 1. The molecule has 36 heavy (non-hydrogen) atoms. The highest BCUT2D eigenvalue weighted by Crippen LogP contribution is 2.30. The molecule has 1 aromatic carbocycles. The SMILES string of the molecule is CC.CNC(=O)CNc1cnc2c(N3CCOCC3)nc(-c3cccc(-c4ccn(C)n4)c3)nc2c1. The second-order valence-corrected chi connectivity index (χ2v) is 8.04. The van der Waals surface area contributed by atoms with Crippen LogP contribution in [0.25, 0.3) is 33.7 Å². The first-order chi connectivity index (χ1) is 17.6. The Bertz CT molecular complexity index is 1330. The van der Waals surface area contributed by atoms with Crippen molar-refractivity contribution < 1.29 is 9.53 Å². The number of amides is 1. The summed E-state index contributed by atoms with van der Waals surface area (Å²) in [7, 11) is 3.51. The maximum Gasteiger partial charge on any atom is 0.239 e. The summed E-state index contributed by atoms with van der Waals surface area (Å²) in [4.78, 5) is 28.3. The van der Waals surface area contributed by atoms with Gasteiger partial charge in [-0.1, -0.05) is 32.0 Å². The Balaban J connectivity index is 0.00000148.